The lowest BCUT2D eigenvalue weighted by Gasteiger charge is -2.06. The van der Waals surface area contributed by atoms with Gasteiger partial charge >= 0.3 is 10.6 Å². The number of thiol groups is 1. The highest BCUT2D eigenvalue weighted by Crippen LogP contribution is 2.20. The van der Waals surface area contributed by atoms with E-state index in [1.165, 1.54) is 14.1 Å². The highest BCUT2D eigenvalue weighted by molar-refractivity contribution is 7.82. The van der Waals surface area contributed by atoms with Crippen molar-refractivity contribution in [3.05, 3.63) is 77.8 Å². The third-order valence-electron chi connectivity index (χ3n) is 4.01. The molecule has 0 spiro atoms. The van der Waals surface area contributed by atoms with Crippen LogP contribution in [0.2, 0.25) is 0 Å². The second-order valence-electron chi connectivity index (χ2n) is 5.91. The molecule has 2 aromatic rings. The lowest BCUT2D eigenvalue weighted by molar-refractivity contribution is 0.684. The van der Waals surface area contributed by atoms with E-state index in [-0.39, 0.29) is 17.1 Å². The van der Waals surface area contributed by atoms with Gasteiger partial charge in [0.15, 0.2) is 0 Å². The van der Waals surface area contributed by atoms with Crippen molar-refractivity contribution in [1.82, 2.24) is 8.52 Å². The monoisotopic (exact) mass is 430 g/mol. The van der Waals surface area contributed by atoms with Crippen LogP contribution in [0.1, 0.15) is 23.6 Å². The van der Waals surface area contributed by atoms with E-state index in [1.807, 2.05) is 39.0 Å². The highest BCUT2D eigenvalue weighted by atomic mass is 35.5. The number of halogens is 2. The Morgan fingerprint density at radius 1 is 1.31 bits per heavy atom. The zero-order valence-electron chi connectivity index (χ0n) is 14.7. The normalized spacial score (nSPS) is 13.9. The molecule has 1 aromatic carbocycles. The third-order valence-corrected chi connectivity index (χ3v) is 6.00. The van der Waals surface area contributed by atoms with Gasteiger partial charge in [0.05, 0.1) is 13.1 Å². The molecule has 0 aliphatic heterocycles. The molecule has 0 fully saturated rings. The van der Waals surface area contributed by atoms with E-state index in [1.54, 1.807) is 12.2 Å². The molecule has 1 unspecified atom stereocenters. The summed E-state index contributed by atoms with van der Waals surface area (Å²) < 4.78 is 2.03. The first-order chi connectivity index (χ1) is 12.2. The maximum Gasteiger partial charge on any atom is 0.341 e. The summed E-state index contributed by atoms with van der Waals surface area (Å²) in [6.07, 6.45) is 3.41. The average Bonchev–Trinajstić information content (AvgIpc) is 2.84. The summed E-state index contributed by atoms with van der Waals surface area (Å²) in [4.78, 5) is 24.6. The second-order valence-corrected chi connectivity index (χ2v) is 8.58. The van der Waals surface area contributed by atoms with Gasteiger partial charge in [-0.1, -0.05) is 35.9 Å². The van der Waals surface area contributed by atoms with Crippen molar-refractivity contribution in [2.24, 2.45) is 0 Å². The molecule has 1 aromatic heterocycles. The first-order valence-corrected chi connectivity index (χ1v) is 10.0. The molecule has 0 saturated carbocycles. The number of benzene rings is 1. The SMILES string of the molecule is CC=C(C=C(Cl)C(S)Cl)Cn1c(=O)sn(Cc2ccc(C)c(C)c2)c1=O. The summed E-state index contributed by atoms with van der Waals surface area (Å²) in [7, 11) is 0. The summed E-state index contributed by atoms with van der Waals surface area (Å²) in [6, 6.07) is 6.01. The smallest absolute Gasteiger partial charge is 0.255 e. The molecule has 0 amide bonds. The van der Waals surface area contributed by atoms with Crippen LogP contribution >= 0.6 is 47.4 Å². The van der Waals surface area contributed by atoms with Crippen molar-refractivity contribution in [2.75, 3.05) is 0 Å². The van der Waals surface area contributed by atoms with Crippen LogP contribution in [0.25, 0.3) is 0 Å². The van der Waals surface area contributed by atoms with Gasteiger partial charge in [0.1, 0.15) is 4.71 Å². The number of rotatable bonds is 6. The lowest BCUT2D eigenvalue weighted by Crippen LogP contribution is -2.29. The maximum absolute atomic E-state index is 12.6. The molecule has 0 aliphatic rings. The molecule has 0 N–H and O–H groups in total. The Morgan fingerprint density at radius 2 is 2.00 bits per heavy atom. The number of hydrogen-bond donors (Lipinski definition) is 1. The van der Waals surface area contributed by atoms with Crippen molar-refractivity contribution in [1.29, 1.82) is 0 Å². The first kappa shape index (κ1) is 21.1. The molecule has 140 valence electrons. The van der Waals surface area contributed by atoms with Gasteiger partial charge in [0, 0.05) is 16.6 Å². The summed E-state index contributed by atoms with van der Waals surface area (Å²) in [5.74, 6) is 0. The van der Waals surface area contributed by atoms with E-state index in [0.717, 1.165) is 22.7 Å². The van der Waals surface area contributed by atoms with E-state index >= 15 is 0 Å². The van der Waals surface area contributed by atoms with Gasteiger partial charge in [0.25, 0.3) is 0 Å². The van der Waals surface area contributed by atoms with Gasteiger partial charge in [-0.25, -0.2) is 13.3 Å². The van der Waals surface area contributed by atoms with Crippen LogP contribution in [0.15, 0.2) is 50.5 Å². The molecule has 0 radical (unpaired) electrons. The molecule has 1 heterocycles. The zero-order valence-corrected chi connectivity index (χ0v) is 17.9. The van der Waals surface area contributed by atoms with Gasteiger partial charge < -0.3 is 0 Å². The largest absolute Gasteiger partial charge is 0.341 e. The van der Waals surface area contributed by atoms with Crippen LogP contribution in [0.5, 0.6) is 0 Å². The van der Waals surface area contributed by atoms with Gasteiger partial charge in [0.2, 0.25) is 0 Å². The Hall–Kier alpha value is -1.21. The Bertz CT molecular complexity index is 968. The minimum absolute atomic E-state index is 0.137. The van der Waals surface area contributed by atoms with Crippen molar-refractivity contribution >= 4 is 47.4 Å². The van der Waals surface area contributed by atoms with Crippen molar-refractivity contribution in [2.45, 2.75) is 38.6 Å². The van der Waals surface area contributed by atoms with Crippen LogP contribution in [0.4, 0.5) is 0 Å². The van der Waals surface area contributed by atoms with Gasteiger partial charge in [-0.15, -0.1) is 11.6 Å². The highest BCUT2D eigenvalue weighted by Gasteiger charge is 2.12. The minimum Gasteiger partial charge on any atom is -0.255 e. The molecule has 0 saturated heterocycles. The van der Waals surface area contributed by atoms with Gasteiger partial charge in [-0.2, -0.15) is 12.6 Å². The van der Waals surface area contributed by atoms with Crippen molar-refractivity contribution < 1.29 is 0 Å². The number of allylic oxidation sites excluding steroid dienone is 3. The number of nitrogens with zero attached hydrogens (tertiary/aromatic N) is 2. The van der Waals surface area contributed by atoms with Crippen LogP contribution < -0.4 is 10.6 Å². The van der Waals surface area contributed by atoms with Crippen LogP contribution in [0.3, 0.4) is 0 Å². The number of hydrogen-bond acceptors (Lipinski definition) is 4. The third kappa shape index (κ3) is 5.16. The van der Waals surface area contributed by atoms with Gasteiger partial charge in [-0.3, -0.25) is 4.79 Å². The predicted molar refractivity (Wildman–Crippen MR) is 114 cm³/mol. The fraction of sp³-hybridized carbons (Fsp3) is 0.333. The number of aromatic nitrogens is 2. The quantitative estimate of drug-likeness (QED) is 0.421. The Labute approximate surface area is 171 Å². The van der Waals surface area contributed by atoms with E-state index < -0.39 is 4.71 Å². The molecule has 0 bridgehead atoms. The first-order valence-electron chi connectivity index (χ1n) is 7.94. The molecule has 2 rings (SSSR count). The summed E-state index contributed by atoms with van der Waals surface area (Å²) in [5, 5.41) is 0.335. The van der Waals surface area contributed by atoms with Crippen LogP contribution in [-0.4, -0.2) is 13.2 Å². The van der Waals surface area contributed by atoms with Crippen LogP contribution in [-0.2, 0) is 13.1 Å². The minimum atomic E-state index is -0.632. The van der Waals surface area contributed by atoms with Crippen molar-refractivity contribution in [3.63, 3.8) is 0 Å². The van der Waals surface area contributed by atoms with E-state index in [4.69, 9.17) is 23.2 Å². The topological polar surface area (TPSA) is 44.0 Å². The molecule has 0 aliphatic carbocycles. The fourth-order valence-electron chi connectivity index (χ4n) is 2.34. The summed E-state index contributed by atoms with van der Waals surface area (Å²) in [6.45, 7) is 6.37. The molecular formula is C18H20Cl2N2O2S2. The fourth-order valence-corrected chi connectivity index (χ4v) is 3.44. The van der Waals surface area contributed by atoms with E-state index in [2.05, 4.69) is 12.6 Å². The molecule has 4 nitrogen and oxygen atoms in total. The molecule has 26 heavy (non-hydrogen) atoms. The Morgan fingerprint density at radius 3 is 2.58 bits per heavy atom. The Balaban J connectivity index is 2.30. The summed E-state index contributed by atoms with van der Waals surface area (Å²) >= 11 is 16.8. The second kappa shape index (κ2) is 9.13. The van der Waals surface area contributed by atoms with E-state index in [9.17, 15) is 9.59 Å². The lowest BCUT2D eigenvalue weighted by atomic mass is 10.1. The number of aryl methyl sites for hydroxylation is 2. The molecular weight excluding hydrogens is 411 g/mol. The number of alkyl halides is 1. The Kier molecular flexibility index (Phi) is 7.41. The van der Waals surface area contributed by atoms with E-state index in [0.29, 0.717) is 17.2 Å². The van der Waals surface area contributed by atoms with Gasteiger partial charge in [-0.05, 0) is 49.1 Å². The average molecular weight is 431 g/mol. The van der Waals surface area contributed by atoms with Crippen molar-refractivity contribution in [3.8, 4) is 0 Å². The predicted octanol–water partition coefficient (Wildman–Crippen LogP) is 4.30. The maximum atomic E-state index is 12.6. The summed E-state index contributed by atoms with van der Waals surface area (Å²) in [5.41, 5.74) is 3.70. The van der Waals surface area contributed by atoms with Crippen LogP contribution in [0, 0.1) is 13.8 Å². The standard InChI is InChI=1S/C18H20Cl2N2O2S2/c1-4-13(8-15(19)16(20)25)9-21-17(23)22(26-18(21)24)10-14-6-5-11(2)12(3)7-14/h4-8,16,25H,9-10H2,1-3H3. The zero-order chi connectivity index (χ0) is 19.4. The molecule has 8 heteroatoms. The molecule has 1 atom stereocenters.